The fraction of sp³-hybridized carbons (Fsp3) is 0.292. The van der Waals surface area contributed by atoms with Crippen LogP contribution in [0.25, 0.3) is 5.70 Å². The first-order chi connectivity index (χ1) is 14.3. The summed E-state index contributed by atoms with van der Waals surface area (Å²) in [4.78, 5) is 15.0. The van der Waals surface area contributed by atoms with Crippen molar-refractivity contribution in [2.75, 3.05) is 13.1 Å². The van der Waals surface area contributed by atoms with Gasteiger partial charge in [-0.3, -0.25) is 10.2 Å². The molecule has 5 nitrogen and oxygen atoms in total. The third-order valence-corrected chi connectivity index (χ3v) is 6.08. The molecule has 3 N–H and O–H groups in total. The highest BCUT2D eigenvalue weighted by atomic mass is 35.5. The van der Waals surface area contributed by atoms with Crippen LogP contribution in [0, 0.1) is 23.7 Å². The number of hydrogen-bond donors (Lipinski definition) is 2. The summed E-state index contributed by atoms with van der Waals surface area (Å²) >= 11 is 5.78. The molecule has 0 saturated carbocycles. The minimum absolute atomic E-state index is 0.0130. The molecule has 1 aliphatic heterocycles. The number of aryl methyl sites for hydroxylation is 1. The minimum Gasteiger partial charge on any atom is -0.398 e. The van der Waals surface area contributed by atoms with Crippen molar-refractivity contribution in [2.45, 2.75) is 32.6 Å². The number of carbonyl (C=O) groups is 1. The van der Waals surface area contributed by atoms with E-state index in [1.807, 2.05) is 48.2 Å². The van der Waals surface area contributed by atoms with Crippen LogP contribution in [0.4, 0.5) is 0 Å². The maximum absolute atomic E-state index is 13.1. The largest absolute Gasteiger partial charge is 0.398 e. The lowest BCUT2D eigenvalue weighted by Gasteiger charge is -2.32. The molecule has 1 fully saturated rings. The molecule has 2 aromatic carbocycles. The van der Waals surface area contributed by atoms with Crippen molar-refractivity contribution >= 4 is 28.4 Å². The third-order valence-electron chi connectivity index (χ3n) is 5.80. The number of hydrogen-bond acceptors (Lipinski definition) is 4. The van der Waals surface area contributed by atoms with E-state index < -0.39 is 0 Å². The summed E-state index contributed by atoms with van der Waals surface area (Å²) in [5.74, 6) is 0.382. The summed E-state index contributed by atoms with van der Waals surface area (Å²) in [6.07, 6.45) is 1.78. The van der Waals surface area contributed by atoms with E-state index in [0.717, 1.165) is 24.0 Å². The maximum atomic E-state index is 13.1. The predicted octanol–water partition coefficient (Wildman–Crippen LogP) is 4.79. The molecule has 0 radical (unpaired) electrons. The summed E-state index contributed by atoms with van der Waals surface area (Å²) in [6, 6.07) is 15.4. The molecule has 0 aromatic heterocycles. The van der Waals surface area contributed by atoms with E-state index in [2.05, 4.69) is 6.07 Å². The Bertz CT molecular complexity index is 1040. The summed E-state index contributed by atoms with van der Waals surface area (Å²) < 4.78 is 0. The summed E-state index contributed by atoms with van der Waals surface area (Å²) in [7, 11) is 0. The molecule has 0 atom stereocenters. The van der Waals surface area contributed by atoms with Crippen molar-refractivity contribution in [3.05, 3.63) is 75.9 Å². The van der Waals surface area contributed by atoms with Crippen LogP contribution in [0.5, 0.6) is 0 Å². The van der Waals surface area contributed by atoms with Crippen LogP contribution < -0.4 is 5.73 Å². The highest BCUT2D eigenvalue weighted by Gasteiger charge is 2.25. The van der Waals surface area contributed by atoms with E-state index >= 15 is 0 Å². The second kappa shape index (κ2) is 9.15. The zero-order valence-electron chi connectivity index (χ0n) is 17.2. The average molecular weight is 421 g/mol. The van der Waals surface area contributed by atoms with Crippen molar-refractivity contribution in [2.24, 2.45) is 5.73 Å². The first-order valence-corrected chi connectivity index (χ1v) is 10.3. The van der Waals surface area contributed by atoms with Crippen molar-refractivity contribution < 1.29 is 4.79 Å². The summed E-state index contributed by atoms with van der Waals surface area (Å²) in [5, 5.41) is 16.4. The number of nitrogens with one attached hydrogen (secondary N) is 1. The number of amides is 1. The van der Waals surface area contributed by atoms with Crippen LogP contribution >= 0.6 is 11.6 Å². The number of halogens is 1. The molecule has 1 saturated heterocycles. The normalized spacial score (nSPS) is 15.3. The number of carbonyl (C=O) groups excluding carboxylic acids is 1. The predicted molar refractivity (Wildman–Crippen MR) is 121 cm³/mol. The van der Waals surface area contributed by atoms with E-state index in [1.54, 1.807) is 13.0 Å². The van der Waals surface area contributed by atoms with Gasteiger partial charge in [0.2, 0.25) is 0 Å². The zero-order chi connectivity index (χ0) is 21.8. The number of piperidine rings is 1. The van der Waals surface area contributed by atoms with Crippen LogP contribution in [0.1, 0.15) is 58.3 Å². The molecule has 0 bridgehead atoms. The number of likely N-dealkylation sites (tertiary alicyclic amines) is 1. The minimum atomic E-state index is -0.103. The number of nitriles is 1. The Hall–Kier alpha value is -3.10. The Morgan fingerprint density at radius 2 is 1.83 bits per heavy atom. The third kappa shape index (κ3) is 4.55. The van der Waals surface area contributed by atoms with Gasteiger partial charge in [-0.05, 0) is 68.0 Å². The van der Waals surface area contributed by atoms with Crippen molar-refractivity contribution in [1.29, 1.82) is 10.7 Å². The van der Waals surface area contributed by atoms with Gasteiger partial charge in [0.25, 0.3) is 5.91 Å². The molecule has 1 aliphatic rings. The number of benzene rings is 2. The van der Waals surface area contributed by atoms with Gasteiger partial charge < -0.3 is 10.6 Å². The molecular formula is C24H25ClN4O. The van der Waals surface area contributed by atoms with Gasteiger partial charge in [0, 0.05) is 35.5 Å². The quantitative estimate of drug-likeness (QED) is 0.696. The number of nitrogens with two attached hydrogens (primary N) is 1. The van der Waals surface area contributed by atoms with Crippen molar-refractivity contribution in [1.82, 2.24) is 4.90 Å². The van der Waals surface area contributed by atoms with E-state index in [1.165, 1.54) is 5.56 Å². The number of nitrogens with zero attached hydrogens (tertiary/aromatic N) is 2. The fourth-order valence-electron chi connectivity index (χ4n) is 3.79. The number of allylic oxidation sites excluding steroid dienone is 1. The van der Waals surface area contributed by atoms with Gasteiger partial charge in [-0.1, -0.05) is 29.8 Å². The zero-order valence-corrected chi connectivity index (χ0v) is 18.0. The van der Waals surface area contributed by atoms with Gasteiger partial charge in [-0.25, -0.2) is 0 Å². The molecule has 0 unspecified atom stereocenters. The Morgan fingerprint density at radius 3 is 2.40 bits per heavy atom. The molecule has 2 aromatic rings. The Balaban J connectivity index is 1.73. The van der Waals surface area contributed by atoms with Crippen LogP contribution in [0.3, 0.4) is 0 Å². The van der Waals surface area contributed by atoms with Gasteiger partial charge in [0.05, 0.1) is 11.6 Å². The molecule has 3 rings (SSSR count). The summed E-state index contributed by atoms with van der Waals surface area (Å²) in [6.45, 7) is 4.99. The van der Waals surface area contributed by atoms with Gasteiger partial charge in [0.15, 0.2) is 0 Å². The van der Waals surface area contributed by atoms with Gasteiger partial charge >= 0.3 is 0 Å². The Labute approximate surface area is 182 Å². The highest BCUT2D eigenvalue weighted by molar-refractivity contribution is 6.69. The van der Waals surface area contributed by atoms with Crippen LogP contribution in [0.15, 0.2) is 48.0 Å². The topological polar surface area (TPSA) is 94.0 Å². The van der Waals surface area contributed by atoms with Gasteiger partial charge in [-0.15, -0.1) is 0 Å². The Kier molecular flexibility index (Phi) is 6.59. The van der Waals surface area contributed by atoms with Crippen molar-refractivity contribution in [3.63, 3.8) is 0 Å². The van der Waals surface area contributed by atoms with E-state index in [-0.39, 0.29) is 11.1 Å². The molecule has 0 spiro atoms. The molecule has 6 heteroatoms. The fourth-order valence-corrected chi connectivity index (χ4v) is 3.90. The van der Waals surface area contributed by atoms with Gasteiger partial charge in [0.1, 0.15) is 5.17 Å². The number of rotatable bonds is 4. The first kappa shape index (κ1) is 21.6. The lowest BCUT2D eigenvalue weighted by Crippen LogP contribution is -2.38. The second-order valence-electron chi connectivity index (χ2n) is 7.68. The maximum Gasteiger partial charge on any atom is 0.253 e. The lowest BCUT2D eigenvalue weighted by molar-refractivity contribution is 0.0713. The van der Waals surface area contributed by atoms with Gasteiger partial charge in [-0.2, -0.15) is 5.26 Å². The van der Waals surface area contributed by atoms with Crippen molar-refractivity contribution in [3.8, 4) is 6.07 Å². The lowest BCUT2D eigenvalue weighted by atomic mass is 9.88. The molecule has 30 heavy (non-hydrogen) atoms. The average Bonchev–Trinajstić information content (AvgIpc) is 2.78. The van der Waals surface area contributed by atoms with E-state index in [4.69, 9.17) is 28.0 Å². The molecule has 1 amide bonds. The van der Waals surface area contributed by atoms with E-state index in [0.29, 0.717) is 41.4 Å². The first-order valence-electron chi connectivity index (χ1n) is 9.93. The monoisotopic (exact) mass is 420 g/mol. The molecule has 154 valence electrons. The highest BCUT2D eigenvalue weighted by Crippen LogP contribution is 2.29. The van der Waals surface area contributed by atoms with E-state index in [9.17, 15) is 4.79 Å². The Morgan fingerprint density at radius 1 is 1.20 bits per heavy atom. The standard InChI is InChI=1S/C24H25ClN4O/c1-15-3-6-20(13-21(15)22(27)16(2)23(25)28)24(30)29-11-9-19(10-12-29)18-7-4-17(14-26)5-8-18/h3-8,13,19,28H,9-12,27H2,1-2H3/b22-16-,28-23?. The SMILES string of the molecule is C/C(C(=N)Cl)=C(/N)c1cc(C(=O)N2CCC(c3ccc(C#N)cc3)CC2)ccc1C. The molecule has 1 heterocycles. The smallest absolute Gasteiger partial charge is 0.253 e. The van der Waals surface area contributed by atoms with Crippen LogP contribution in [0.2, 0.25) is 0 Å². The second-order valence-corrected chi connectivity index (χ2v) is 8.06. The summed E-state index contributed by atoms with van der Waals surface area (Å²) in [5.41, 5.74) is 11.2. The van der Waals surface area contributed by atoms with Crippen LogP contribution in [-0.2, 0) is 0 Å². The van der Waals surface area contributed by atoms with Crippen LogP contribution in [-0.4, -0.2) is 29.1 Å². The molecule has 0 aliphatic carbocycles. The molecular weight excluding hydrogens is 396 g/mol.